The Morgan fingerprint density at radius 1 is 0.800 bits per heavy atom. The summed E-state index contributed by atoms with van der Waals surface area (Å²) in [6.07, 6.45) is 7.51. The normalized spacial score (nSPS) is 12.7. The summed E-state index contributed by atoms with van der Waals surface area (Å²) in [5.41, 5.74) is 2.86. The topological polar surface area (TPSA) is 61.2 Å². The predicted molar refractivity (Wildman–Crippen MR) is 151 cm³/mol. The number of nitrogens with zero attached hydrogens (tertiary/aromatic N) is 2. The van der Waals surface area contributed by atoms with Crippen LogP contribution in [0.1, 0.15) is 11.1 Å². The molecule has 0 saturated carbocycles. The van der Waals surface area contributed by atoms with E-state index in [0.717, 1.165) is 19.4 Å². The monoisotopic (exact) mass is 588 g/mol. The van der Waals surface area contributed by atoms with E-state index in [0.29, 0.717) is 5.69 Å². The van der Waals surface area contributed by atoms with Crippen molar-refractivity contribution >= 4 is 59.9 Å². The third kappa shape index (κ3) is 9.17. The van der Waals surface area contributed by atoms with Gasteiger partial charge in [-0.25, -0.2) is 4.90 Å². The fourth-order valence-corrected chi connectivity index (χ4v) is 3.48. The van der Waals surface area contributed by atoms with Crippen LogP contribution in [0.5, 0.6) is 0 Å². The summed E-state index contributed by atoms with van der Waals surface area (Å²) in [6, 6.07) is 30.7. The van der Waals surface area contributed by atoms with Crippen molar-refractivity contribution in [2.75, 3.05) is 4.90 Å². The number of hydrogen-bond donors (Lipinski definition) is 0. The zero-order valence-corrected chi connectivity index (χ0v) is 21.9. The van der Waals surface area contributed by atoms with Crippen LogP contribution in [0, 0.1) is 11.3 Å². The van der Waals surface area contributed by atoms with E-state index >= 15 is 0 Å². The van der Waals surface area contributed by atoms with Gasteiger partial charge >= 0.3 is 0 Å². The van der Waals surface area contributed by atoms with Crippen LogP contribution in [-0.2, 0) is 9.59 Å². The minimum atomic E-state index is -0.281. The van der Waals surface area contributed by atoms with Crippen molar-refractivity contribution in [1.29, 1.82) is 5.26 Å². The highest BCUT2D eigenvalue weighted by atomic mass is 79.9. The Morgan fingerprint density at radius 3 is 1.74 bits per heavy atom. The van der Waals surface area contributed by atoms with Crippen molar-refractivity contribution in [2.24, 2.45) is 0 Å². The number of benzene rings is 3. The molecule has 3 aromatic rings. The highest BCUT2D eigenvalue weighted by Gasteiger charge is 2.24. The number of anilines is 1. The first kappa shape index (κ1) is 27.5. The summed E-state index contributed by atoms with van der Waals surface area (Å²) >= 11 is 6.83. The molecule has 0 aliphatic carbocycles. The first-order valence-corrected chi connectivity index (χ1v) is 12.0. The van der Waals surface area contributed by atoms with Gasteiger partial charge in [0, 0.05) is 27.2 Å². The summed E-state index contributed by atoms with van der Waals surface area (Å²) in [4.78, 5) is 23.5. The van der Waals surface area contributed by atoms with Gasteiger partial charge in [0.25, 0.3) is 11.8 Å². The third-order valence-corrected chi connectivity index (χ3v) is 6.48. The van der Waals surface area contributed by atoms with E-state index < -0.39 is 0 Å². The van der Waals surface area contributed by atoms with E-state index in [1.807, 2.05) is 78.9 Å². The molecule has 0 N–H and O–H groups in total. The van der Waals surface area contributed by atoms with Crippen molar-refractivity contribution in [3.63, 3.8) is 0 Å². The zero-order chi connectivity index (χ0) is 25.5. The molecule has 0 saturated heterocycles. The largest absolute Gasteiger partial charge is 0.269 e. The van der Waals surface area contributed by atoms with Gasteiger partial charge in [-0.15, -0.1) is 0 Å². The lowest BCUT2D eigenvalue weighted by Crippen LogP contribution is -2.29. The Morgan fingerprint density at radius 2 is 1.29 bits per heavy atom. The Bertz CT molecular complexity index is 1240. The Balaban J connectivity index is 0.000000192. The van der Waals surface area contributed by atoms with Gasteiger partial charge < -0.3 is 0 Å². The van der Waals surface area contributed by atoms with Crippen molar-refractivity contribution in [3.05, 3.63) is 137 Å². The second-order valence-electron chi connectivity index (χ2n) is 6.79. The Hall–Kier alpha value is -3.79. The molecular weight excluding hydrogens is 568 g/mol. The van der Waals surface area contributed by atoms with Crippen molar-refractivity contribution in [1.82, 2.24) is 0 Å². The number of allylic oxidation sites excluding steroid dienone is 3. The number of rotatable bonds is 4. The molecule has 0 spiro atoms. The van der Waals surface area contributed by atoms with Gasteiger partial charge in [-0.3, -0.25) is 9.59 Å². The number of carbonyl (C=O) groups excluding carboxylic acids is 2. The smallest absolute Gasteiger partial charge is 0.258 e. The summed E-state index contributed by atoms with van der Waals surface area (Å²) < 4.78 is 1.79. The molecule has 0 aromatic heterocycles. The molecule has 0 unspecified atom stereocenters. The quantitative estimate of drug-likeness (QED) is 0.178. The maximum absolute atomic E-state index is 11.2. The van der Waals surface area contributed by atoms with Gasteiger partial charge in [-0.05, 0) is 61.2 Å². The molecule has 3 aromatic carbocycles. The Labute approximate surface area is 222 Å². The fraction of sp³-hybridized carbons (Fsp3) is 0. The van der Waals surface area contributed by atoms with Crippen LogP contribution in [0.25, 0.3) is 10.6 Å². The van der Waals surface area contributed by atoms with Gasteiger partial charge in [-0.2, -0.15) is 5.26 Å². The number of hydrogen-bond acceptors (Lipinski definition) is 3. The maximum atomic E-state index is 11.2. The molecule has 1 aliphatic rings. The maximum Gasteiger partial charge on any atom is 0.258 e. The number of imide groups is 1. The van der Waals surface area contributed by atoms with Gasteiger partial charge in [0.1, 0.15) is 0 Å². The van der Waals surface area contributed by atoms with Crippen LogP contribution in [0.3, 0.4) is 0 Å². The van der Waals surface area contributed by atoms with Gasteiger partial charge in [-0.1, -0.05) is 91.5 Å². The number of halogens is 2. The second kappa shape index (κ2) is 15.2. The number of carbonyl (C=O) groups is 2. The van der Waals surface area contributed by atoms with Crippen molar-refractivity contribution < 1.29 is 9.59 Å². The van der Waals surface area contributed by atoms with Gasteiger partial charge in [0.2, 0.25) is 0 Å². The zero-order valence-electron chi connectivity index (χ0n) is 18.7. The molecule has 6 heteroatoms. The lowest BCUT2D eigenvalue weighted by Gasteiger charge is -2.12. The lowest BCUT2D eigenvalue weighted by atomic mass is 10.2. The minimum absolute atomic E-state index is 0.281. The van der Waals surface area contributed by atoms with Crippen LogP contribution in [0.2, 0.25) is 0 Å². The van der Waals surface area contributed by atoms with Gasteiger partial charge in [0.15, 0.2) is 0 Å². The van der Waals surface area contributed by atoms with E-state index in [-0.39, 0.29) is 11.8 Å². The first-order valence-electron chi connectivity index (χ1n) is 10.4. The molecule has 0 radical (unpaired) electrons. The molecule has 0 fully saturated rings. The SMILES string of the molecule is C=Cc1ccccc1.N#CC=CC(Br)=C(Br)c1ccccc1.O=C1C=CC(=O)N1c1ccccc1. The molecule has 4 nitrogen and oxygen atoms in total. The van der Waals surface area contributed by atoms with Crippen molar-refractivity contribution in [3.8, 4) is 6.07 Å². The number of nitriles is 1. The summed E-state index contributed by atoms with van der Waals surface area (Å²) in [5.74, 6) is -0.563. The van der Waals surface area contributed by atoms with Crippen LogP contribution in [0.15, 0.2) is 126 Å². The van der Waals surface area contributed by atoms with E-state index in [4.69, 9.17) is 5.26 Å². The summed E-state index contributed by atoms with van der Waals surface area (Å²) in [6.45, 7) is 3.63. The average molecular weight is 590 g/mol. The third-order valence-electron chi connectivity index (χ3n) is 4.40. The molecule has 1 heterocycles. The molecule has 1 aliphatic heterocycles. The molecule has 2 amide bonds. The van der Waals surface area contributed by atoms with E-state index in [1.54, 1.807) is 30.3 Å². The van der Waals surface area contributed by atoms with Crippen LogP contribution >= 0.6 is 31.9 Å². The second-order valence-corrected chi connectivity index (χ2v) is 8.43. The highest BCUT2D eigenvalue weighted by molar-refractivity contribution is 9.16. The predicted octanol–water partition coefficient (Wildman–Crippen LogP) is 7.67. The molecular formula is C29H22Br2N2O2. The average Bonchev–Trinajstić information content (AvgIpc) is 3.26. The van der Waals surface area contributed by atoms with Gasteiger partial charge in [0.05, 0.1) is 11.8 Å². The Kier molecular flexibility index (Phi) is 11.9. The molecule has 0 atom stereocenters. The van der Waals surface area contributed by atoms with Crippen molar-refractivity contribution in [2.45, 2.75) is 0 Å². The minimum Gasteiger partial charge on any atom is -0.269 e. The summed E-state index contributed by atoms with van der Waals surface area (Å²) in [7, 11) is 0. The van der Waals surface area contributed by atoms with E-state index in [9.17, 15) is 9.59 Å². The van der Waals surface area contributed by atoms with E-state index in [1.165, 1.54) is 23.8 Å². The van der Waals surface area contributed by atoms with E-state index in [2.05, 4.69) is 38.4 Å². The molecule has 0 bridgehead atoms. The standard InChI is InChI=1S/C11H7Br2N.C10H7NO2.C8H8/c12-10(7-4-8-14)11(13)9-5-2-1-3-6-9;12-9-6-7-10(13)11(9)8-4-2-1-3-5-8;1-2-8-6-4-3-5-7-8/h1-7H;1-7H;2-7H,1H2. The first-order chi connectivity index (χ1) is 17.0. The number of amides is 2. The number of para-hydroxylation sites is 1. The molecule has 4 rings (SSSR count). The van der Waals surface area contributed by atoms with Crippen LogP contribution in [-0.4, -0.2) is 11.8 Å². The molecule has 174 valence electrons. The fourth-order valence-electron chi connectivity index (χ4n) is 2.73. The summed E-state index contributed by atoms with van der Waals surface area (Å²) in [5, 5.41) is 8.37. The highest BCUT2D eigenvalue weighted by Crippen LogP contribution is 2.29. The molecule has 35 heavy (non-hydrogen) atoms. The lowest BCUT2D eigenvalue weighted by molar-refractivity contribution is -0.119. The van der Waals surface area contributed by atoms with Crippen LogP contribution in [0.4, 0.5) is 5.69 Å². The van der Waals surface area contributed by atoms with Crippen LogP contribution < -0.4 is 4.90 Å².